The van der Waals surface area contributed by atoms with Crippen LogP contribution < -0.4 is 9.47 Å². The number of benzene rings is 6. The molecule has 0 saturated carbocycles. The molecule has 6 aromatic carbocycles. The first-order valence-electron chi connectivity index (χ1n) is 15.2. The number of aromatic nitrogens is 2. The van der Waals surface area contributed by atoms with Crippen LogP contribution in [-0.2, 0) is 0 Å². The zero-order chi connectivity index (χ0) is 31.3. The largest absolute Gasteiger partial charge is 0.497 e. The molecule has 0 aliphatic heterocycles. The number of ether oxygens (including phenoxy) is 2. The van der Waals surface area contributed by atoms with Gasteiger partial charge in [-0.3, -0.25) is 0 Å². The van der Waals surface area contributed by atoms with E-state index in [9.17, 15) is 0 Å². The molecule has 0 atom stereocenters. The van der Waals surface area contributed by atoms with Gasteiger partial charge < -0.3 is 9.47 Å². The lowest BCUT2D eigenvalue weighted by atomic mass is 9.97. The van der Waals surface area contributed by atoms with Gasteiger partial charge in [0.2, 0.25) is 0 Å². The number of nitrogens with zero attached hydrogens (tertiary/aromatic N) is 2. The van der Waals surface area contributed by atoms with Gasteiger partial charge in [-0.05, 0) is 46.5 Å². The van der Waals surface area contributed by atoms with Gasteiger partial charge in [0.05, 0.1) is 37.0 Å². The summed E-state index contributed by atoms with van der Waals surface area (Å²) in [5.41, 5.74) is 11.9. The third-order valence-corrected chi connectivity index (χ3v) is 8.15. The fraction of sp³-hybridized carbons (Fsp3) is 0.0476. The molecule has 0 unspecified atom stereocenters. The van der Waals surface area contributed by atoms with E-state index in [-0.39, 0.29) is 0 Å². The maximum Gasteiger partial charge on any atom is 0.118 e. The Morgan fingerprint density at radius 1 is 0.283 bits per heavy atom. The Hall–Kier alpha value is -6.00. The molecule has 0 amide bonds. The van der Waals surface area contributed by atoms with Crippen LogP contribution in [0.2, 0.25) is 0 Å². The fourth-order valence-electron chi connectivity index (χ4n) is 5.64. The highest BCUT2D eigenvalue weighted by Gasteiger charge is 2.19. The SMILES string of the molecule is COc1ccc(-c2ccc(-c3nc(-c4ccc(-c5ccc(OC)cc5)cc4)c(-c4ccccc4)nc3-c3ccccc3)cc2)cc1. The van der Waals surface area contributed by atoms with Gasteiger partial charge >= 0.3 is 0 Å². The van der Waals surface area contributed by atoms with Crippen LogP contribution in [-0.4, -0.2) is 24.2 Å². The Morgan fingerprint density at radius 2 is 0.522 bits per heavy atom. The van der Waals surface area contributed by atoms with Crippen molar-refractivity contribution >= 4 is 0 Å². The van der Waals surface area contributed by atoms with Crippen LogP contribution in [0.3, 0.4) is 0 Å². The van der Waals surface area contributed by atoms with E-state index in [2.05, 4.69) is 97.1 Å². The van der Waals surface area contributed by atoms with Crippen LogP contribution >= 0.6 is 0 Å². The quantitative estimate of drug-likeness (QED) is 0.175. The summed E-state index contributed by atoms with van der Waals surface area (Å²) in [4.78, 5) is 10.8. The molecular formula is C42H32N2O2. The van der Waals surface area contributed by atoms with Crippen LogP contribution in [0.4, 0.5) is 0 Å². The monoisotopic (exact) mass is 596 g/mol. The molecule has 0 bridgehead atoms. The van der Waals surface area contributed by atoms with Crippen molar-refractivity contribution in [3.63, 3.8) is 0 Å². The molecule has 222 valence electrons. The summed E-state index contributed by atoms with van der Waals surface area (Å²) in [6.07, 6.45) is 0. The van der Waals surface area contributed by atoms with Crippen molar-refractivity contribution in [2.75, 3.05) is 14.2 Å². The van der Waals surface area contributed by atoms with Crippen LogP contribution in [0, 0.1) is 0 Å². The molecule has 7 rings (SSSR count). The lowest BCUT2D eigenvalue weighted by Crippen LogP contribution is -2.01. The van der Waals surface area contributed by atoms with Crippen molar-refractivity contribution in [3.05, 3.63) is 158 Å². The third-order valence-electron chi connectivity index (χ3n) is 8.15. The zero-order valence-electron chi connectivity index (χ0n) is 25.7. The minimum absolute atomic E-state index is 0.835. The molecule has 1 heterocycles. The van der Waals surface area contributed by atoms with Crippen molar-refractivity contribution in [1.29, 1.82) is 0 Å². The van der Waals surface area contributed by atoms with Crippen molar-refractivity contribution in [3.8, 4) is 78.8 Å². The Kier molecular flexibility index (Phi) is 8.08. The molecular weight excluding hydrogens is 564 g/mol. The van der Waals surface area contributed by atoms with E-state index in [1.807, 2.05) is 60.7 Å². The molecule has 0 radical (unpaired) electrons. The summed E-state index contributed by atoms with van der Waals surface area (Å²) < 4.78 is 10.7. The number of hydrogen-bond acceptors (Lipinski definition) is 4. The molecule has 4 nitrogen and oxygen atoms in total. The van der Waals surface area contributed by atoms with Crippen LogP contribution in [0.1, 0.15) is 0 Å². The summed E-state index contributed by atoms with van der Waals surface area (Å²) >= 11 is 0. The van der Waals surface area contributed by atoms with Gasteiger partial charge in [-0.1, -0.05) is 133 Å². The summed E-state index contributed by atoms with van der Waals surface area (Å²) in [7, 11) is 3.36. The third kappa shape index (κ3) is 5.89. The second-order valence-corrected chi connectivity index (χ2v) is 11.0. The molecule has 0 aliphatic carbocycles. The summed E-state index contributed by atoms with van der Waals surface area (Å²) in [6, 6.07) is 53.9. The molecule has 0 saturated heterocycles. The Balaban J connectivity index is 1.37. The highest BCUT2D eigenvalue weighted by atomic mass is 16.5. The minimum Gasteiger partial charge on any atom is -0.497 e. The van der Waals surface area contributed by atoms with Crippen molar-refractivity contribution in [2.45, 2.75) is 0 Å². The lowest BCUT2D eigenvalue weighted by molar-refractivity contribution is 0.415. The fourth-order valence-corrected chi connectivity index (χ4v) is 5.64. The second kappa shape index (κ2) is 12.9. The highest BCUT2D eigenvalue weighted by Crippen LogP contribution is 2.38. The van der Waals surface area contributed by atoms with Gasteiger partial charge in [0.25, 0.3) is 0 Å². The van der Waals surface area contributed by atoms with E-state index in [0.717, 1.165) is 78.8 Å². The van der Waals surface area contributed by atoms with E-state index < -0.39 is 0 Å². The highest BCUT2D eigenvalue weighted by molar-refractivity contribution is 5.87. The van der Waals surface area contributed by atoms with E-state index in [0.29, 0.717) is 0 Å². The van der Waals surface area contributed by atoms with E-state index in [4.69, 9.17) is 19.4 Å². The smallest absolute Gasteiger partial charge is 0.118 e. The first-order valence-corrected chi connectivity index (χ1v) is 15.2. The van der Waals surface area contributed by atoms with Gasteiger partial charge in [0, 0.05) is 22.3 Å². The van der Waals surface area contributed by atoms with E-state index >= 15 is 0 Å². The Bertz CT molecular complexity index is 1910. The maximum absolute atomic E-state index is 5.42. The molecule has 1 aromatic heterocycles. The average molecular weight is 597 g/mol. The number of methoxy groups -OCH3 is 2. The lowest BCUT2D eigenvalue weighted by Gasteiger charge is -2.16. The average Bonchev–Trinajstić information content (AvgIpc) is 3.15. The Labute approximate surface area is 269 Å². The summed E-state index contributed by atoms with van der Waals surface area (Å²) in [5.74, 6) is 1.68. The summed E-state index contributed by atoms with van der Waals surface area (Å²) in [5, 5.41) is 0. The van der Waals surface area contributed by atoms with Crippen molar-refractivity contribution < 1.29 is 9.47 Å². The molecule has 4 heteroatoms. The topological polar surface area (TPSA) is 44.2 Å². The van der Waals surface area contributed by atoms with Gasteiger partial charge in [-0.2, -0.15) is 0 Å². The van der Waals surface area contributed by atoms with Gasteiger partial charge in [0.15, 0.2) is 0 Å². The minimum atomic E-state index is 0.835. The molecule has 0 N–H and O–H groups in total. The molecule has 7 aromatic rings. The van der Waals surface area contributed by atoms with Crippen LogP contribution in [0.5, 0.6) is 11.5 Å². The first kappa shape index (κ1) is 28.8. The summed E-state index contributed by atoms with van der Waals surface area (Å²) in [6.45, 7) is 0. The van der Waals surface area contributed by atoms with E-state index in [1.54, 1.807) is 14.2 Å². The van der Waals surface area contributed by atoms with Gasteiger partial charge in [-0.25, -0.2) is 9.97 Å². The molecule has 0 aliphatic rings. The normalized spacial score (nSPS) is 10.8. The zero-order valence-corrected chi connectivity index (χ0v) is 25.7. The number of hydrogen-bond donors (Lipinski definition) is 0. The first-order chi connectivity index (χ1) is 22.7. The molecule has 0 spiro atoms. The van der Waals surface area contributed by atoms with Crippen molar-refractivity contribution in [2.24, 2.45) is 0 Å². The molecule has 46 heavy (non-hydrogen) atoms. The predicted octanol–water partition coefficient (Wildman–Crippen LogP) is 10.5. The maximum atomic E-state index is 5.42. The second-order valence-electron chi connectivity index (χ2n) is 11.0. The van der Waals surface area contributed by atoms with Crippen molar-refractivity contribution in [1.82, 2.24) is 9.97 Å². The number of rotatable bonds is 8. The van der Waals surface area contributed by atoms with Crippen LogP contribution in [0.25, 0.3) is 67.3 Å². The Morgan fingerprint density at radius 3 is 0.804 bits per heavy atom. The standard InChI is InChI=1S/C42H32N2O2/c1-45-37-25-21-31(22-26-37)29-13-17-35(18-14-29)41-39(33-9-5-3-6-10-33)43-40(34-11-7-4-8-12-34)42(44-41)36-19-15-30(16-20-36)32-23-27-38(46-2)28-24-32/h3-28H,1-2H3. The van der Waals surface area contributed by atoms with E-state index in [1.165, 1.54) is 0 Å². The van der Waals surface area contributed by atoms with Gasteiger partial charge in [0.1, 0.15) is 11.5 Å². The predicted molar refractivity (Wildman–Crippen MR) is 188 cm³/mol. The van der Waals surface area contributed by atoms with Crippen LogP contribution in [0.15, 0.2) is 158 Å². The van der Waals surface area contributed by atoms with Gasteiger partial charge in [-0.15, -0.1) is 0 Å². The molecule has 0 fully saturated rings.